The summed E-state index contributed by atoms with van der Waals surface area (Å²) in [6.45, 7) is 4.25. The molecule has 0 aliphatic carbocycles. The van der Waals surface area contributed by atoms with Crippen LogP contribution in [-0.2, 0) is 9.59 Å². The lowest BCUT2D eigenvalue weighted by Crippen LogP contribution is -2.32. The molecule has 0 bridgehead atoms. The zero-order valence-corrected chi connectivity index (χ0v) is 19.1. The van der Waals surface area contributed by atoms with Gasteiger partial charge in [-0.3, -0.25) is 9.59 Å². The van der Waals surface area contributed by atoms with Crippen LogP contribution < -0.4 is 19.7 Å². The minimum Gasteiger partial charge on any atom is -0.497 e. The molecule has 0 radical (unpaired) electrons. The Balaban J connectivity index is 1.79. The first-order chi connectivity index (χ1) is 15.9. The number of anilines is 2. The molecule has 4 rings (SSSR count). The number of carbonyl (C=O) groups excluding carboxylic acids is 2. The Kier molecular flexibility index (Phi) is 6.18. The molecule has 6 nitrogen and oxygen atoms in total. The van der Waals surface area contributed by atoms with Gasteiger partial charge in [0.05, 0.1) is 25.5 Å². The van der Waals surface area contributed by atoms with E-state index in [1.165, 1.54) is 12.7 Å². The van der Waals surface area contributed by atoms with Crippen molar-refractivity contribution in [1.29, 1.82) is 0 Å². The maximum Gasteiger partial charge on any atom is 0.282 e. The Morgan fingerprint density at radius 1 is 0.818 bits per heavy atom. The van der Waals surface area contributed by atoms with Gasteiger partial charge >= 0.3 is 0 Å². The quantitative estimate of drug-likeness (QED) is 0.508. The van der Waals surface area contributed by atoms with Crippen molar-refractivity contribution < 1.29 is 19.1 Å². The van der Waals surface area contributed by atoms with Gasteiger partial charge in [0, 0.05) is 11.8 Å². The summed E-state index contributed by atoms with van der Waals surface area (Å²) in [6.07, 6.45) is 0. The van der Waals surface area contributed by atoms with Gasteiger partial charge in [0.2, 0.25) is 0 Å². The number of amides is 2. The SMILES string of the molecule is COc1ccc(N2C(=O)C(Nc3ccc(C(C)C)cc3)=C(c3ccccc3)C2=O)c(OC)c1. The highest BCUT2D eigenvalue weighted by molar-refractivity contribution is 6.46. The lowest BCUT2D eigenvalue weighted by molar-refractivity contribution is -0.120. The third-order valence-corrected chi connectivity index (χ3v) is 5.62. The molecule has 33 heavy (non-hydrogen) atoms. The molecule has 3 aromatic carbocycles. The molecular weight excluding hydrogens is 416 g/mol. The fourth-order valence-corrected chi connectivity index (χ4v) is 3.80. The van der Waals surface area contributed by atoms with Crippen molar-refractivity contribution in [3.05, 3.63) is 89.6 Å². The monoisotopic (exact) mass is 442 g/mol. The number of nitrogens with zero attached hydrogens (tertiary/aromatic N) is 1. The number of rotatable bonds is 7. The highest BCUT2D eigenvalue weighted by Crippen LogP contribution is 2.39. The number of hydrogen-bond acceptors (Lipinski definition) is 5. The summed E-state index contributed by atoms with van der Waals surface area (Å²) >= 11 is 0. The van der Waals surface area contributed by atoms with Crippen molar-refractivity contribution in [2.45, 2.75) is 19.8 Å². The second kappa shape index (κ2) is 9.20. The molecule has 0 aromatic heterocycles. The van der Waals surface area contributed by atoms with Gasteiger partial charge in [-0.15, -0.1) is 0 Å². The van der Waals surface area contributed by atoms with E-state index >= 15 is 0 Å². The first-order valence-electron chi connectivity index (χ1n) is 10.7. The molecule has 0 fully saturated rings. The minimum absolute atomic E-state index is 0.223. The van der Waals surface area contributed by atoms with Crippen LogP contribution in [0, 0.1) is 0 Å². The molecule has 0 atom stereocenters. The van der Waals surface area contributed by atoms with Gasteiger partial charge in [-0.25, -0.2) is 4.90 Å². The molecule has 2 amide bonds. The highest BCUT2D eigenvalue weighted by Gasteiger charge is 2.41. The number of benzene rings is 3. The van der Waals surface area contributed by atoms with Gasteiger partial charge < -0.3 is 14.8 Å². The first-order valence-corrected chi connectivity index (χ1v) is 10.7. The molecule has 0 spiro atoms. The summed E-state index contributed by atoms with van der Waals surface area (Å²) in [5.41, 5.74) is 3.47. The average molecular weight is 443 g/mol. The normalized spacial score (nSPS) is 13.7. The van der Waals surface area contributed by atoms with Crippen LogP contribution in [0.15, 0.2) is 78.5 Å². The number of methoxy groups -OCH3 is 2. The molecule has 1 heterocycles. The lowest BCUT2D eigenvalue weighted by Gasteiger charge is -2.19. The molecule has 0 saturated heterocycles. The predicted octanol–water partition coefficient (Wildman–Crippen LogP) is 5.22. The smallest absolute Gasteiger partial charge is 0.282 e. The summed E-state index contributed by atoms with van der Waals surface area (Å²) in [5.74, 6) is 0.456. The Morgan fingerprint density at radius 3 is 2.12 bits per heavy atom. The van der Waals surface area contributed by atoms with Crippen LogP contribution in [0.3, 0.4) is 0 Å². The number of nitrogens with one attached hydrogen (secondary N) is 1. The van der Waals surface area contributed by atoms with Gasteiger partial charge in [-0.2, -0.15) is 0 Å². The van der Waals surface area contributed by atoms with E-state index in [2.05, 4.69) is 19.2 Å². The summed E-state index contributed by atoms with van der Waals surface area (Å²) in [7, 11) is 3.03. The maximum atomic E-state index is 13.6. The van der Waals surface area contributed by atoms with Crippen LogP contribution in [0.2, 0.25) is 0 Å². The number of imide groups is 1. The van der Waals surface area contributed by atoms with Crippen molar-refractivity contribution >= 4 is 28.8 Å². The van der Waals surface area contributed by atoms with Gasteiger partial charge in [-0.1, -0.05) is 56.3 Å². The third kappa shape index (κ3) is 4.20. The fourth-order valence-electron chi connectivity index (χ4n) is 3.80. The molecule has 1 N–H and O–H groups in total. The van der Waals surface area contributed by atoms with Crippen molar-refractivity contribution in [1.82, 2.24) is 0 Å². The van der Waals surface area contributed by atoms with Crippen LogP contribution in [0.25, 0.3) is 5.57 Å². The van der Waals surface area contributed by atoms with Gasteiger partial charge in [0.15, 0.2) is 0 Å². The zero-order valence-electron chi connectivity index (χ0n) is 19.1. The fraction of sp³-hybridized carbons (Fsp3) is 0.185. The van der Waals surface area contributed by atoms with Gasteiger partial charge in [0.1, 0.15) is 17.2 Å². The summed E-state index contributed by atoms with van der Waals surface area (Å²) in [6, 6.07) is 22.0. The van der Waals surface area contributed by atoms with Crippen LogP contribution >= 0.6 is 0 Å². The van der Waals surface area contributed by atoms with Crippen LogP contribution in [-0.4, -0.2) is 26.0 Å². The van der Waals surface area contributed by atoms with E-state index in [4.69, 9.17) is 9.47 Å². The van der Waals surface area contributed by atoms with Crippen LogP contribution in [0.5, 0.6) is 11.5 Å². The second-order valence-corrected chi connectivity index (χ2v) is 8.00. The third-order valence-electron chi connectivity index (χ3n) is 5.62. The maximum absolute atomic E-state index is 13.6. The molecule has 0 saturated carbocycles. The minimum atomic E-state index is -0.449. The van der Waals surface area contributed by atoms with E-state index < -0.39 is 11.8 Å². The van der Waals surface area contributed by atoms with E-state index in [1.54, 1.807) is 25.3 Å². The summed E-state index contributed by atoms with van der Waals surface area (Å²) in [5, 5.41) is 3.20. The van der Waals surface area contributed by atoms with E-state index in [0.29, 0.717) is 34.2 Å². The number of carbonyl (C=O) groups is 2. The van der Waals surface area contributed by atoms with Crippen molar-refractivity contribution in [2.24, 2.45) is 0 Å². The molecule has 3 aromatic rings. The molecule has 168 valence electrons. The Hall–Kier alpha value is -4.06. The summed E-state index contributed by atoms with van der Waals surface area (Å²) < 4.78 is 10.7. The number of ether oxygens (including phenoxy) is 2. The van der Waals surface area contributed by atoms with Gasteiger partial charge in [0.25, 0.3) is 11.8 Å². The number of hydrogen-bond donors (Lipinski definition) is 1. The summed E-state index contributed by atoms with van der Waals surface area (Å²) in [4.78, 5) is 28.3. The lowest BCUT2D eigenvalue weighted by atomic mass is 10.0. The molecule has 0 unspecified atom stereocenters. The van der Waals surface area contributed by atoms with E-state index in [-0.39, 0.29) is 5.70 Å². The average Bonchev–Trinajstić information content (AvgIpc) is 3.08. The van der Waals surface area contributed by atoms with Gasteiger partial charge in [-0.05, 0) is 41.3 Å². The van der Waals surface area contributed by atoms with E-state index in [0.717, 1.165) is 10.6 Å². The Labute approximate surface area is 193 Å². The Morgan fingerprint density at radius 2 is 1.52 bits per heavy atom. The van der Waals surface area contributed by atoms with E-state index in [9.17, 15) is 9.59 Å². The largest absolute Gasteiger partial charge is 0.497 e. The van der Waals surface area contributed by atoms with E-state index in [1.807, 2.05) is 54.6 Å². The zero-order chi connectivity index (χ0) is 23.5. The molecular formula is C27H26N2O4. The predicted molar refractivity (Wildman–Crippen MR) is 130 cm³/mol. The topological polar surface area (TPSA) is 67.9 Å². The Bertz CT molecular complexity index is 1210. The highest BCUT2D eigenvalue weighted by atomic mass is 16.5. The molecule has 1 aliphatic heterocycles. The van der Waals surface area contributed by atoms with Crippen molar-refractivity contribution in [2.75, 3.05) is 24.4 Å². The standard InChI is InChI=1S/C27H26N2O4/c1-17(2)18-10-12-20(13-11-18)28-25-24(19-8-6-5-7-9-19)26(30)29(27(25)31)22-15-14-21(32-3)16-23(22)33-4/h5-17,28H,1-4H3. The van der Waals surface area contributed by atoms with Crippen molar-refractivity contribution in [3.63, 3.8) is 0 Å². The molecule has 6 heteroatoms. The first kappa shape index (κ1) is 22.1. The second-order valence-electron chi connectivity index (χ2n) is 8.00. The van der Waals surface area contributed by atoms with Crippen LogP contribution in [0.1, 0.15) is 30.9 Å². The molecule has 1 aliphatic rings. The van der Waals surface area contributed by atoms with Crippen molar-refractivity contribution in [3.8, 4) is 11.5 Å². The van der Waals surface area contributed by atoms with Crippen LogP contribution in [0.4, 0.5) is 11.4 Å².